The van der Waals surface area contributed by atoms with Gasteiger partial charge in [-0.3, -0.25) is 4.79 Å². The number of rotatable bonds is 3. The normalized spacial score (nSPS) is 11.7. The van der Waals surface area contributed by atoms with Gasteiger partial charge < -0.3 is 5.32 Å². The summed E-state index contributed by atoms with van der Waals surface area (Å²) in [5, 5.41) is 6.77. The van der Waals surface area contributed by atoms with Crippen LogP contribution < -0.4 is 5.32 Å². The van der Waals surface area contributed by atoms with Crippen molar-refractivity contribution >= 4 is 28.8 Å². The Kier molecular flexibility index (Phi) is 5.14. The summed E-state index contributed by atoms with van der Waals surface area (Å²) in [6, 6.07) is 10.5. The van der Waals surface area contributed by atoms with Crippen LogP contribution in [0.5, 0.6) is 0 Å². The summed E-state index contributed by atoms with van der Waals surface area (Å²) >= 11 is 6.06. The molecular formula is C21H13ClF4N4O. The molecule has 10 heteroatoms. The van der Waals surface area contributed by atoms with Gasteiger partial charge in [0.15, 0.2) is 11.3 Å². The molecule has 158 valence electrons. The van der Waals surface area contributed by atoms with Crippen molar-refractivity contribution in [3.8, 4) is 11.3 Å². The highest BCUT2D eigenvalue weighted by atomic mass is 35.5. The molecule has 0 bridgehead atoms. The molecule has 1 N–H and O–H groups in total. The molecule has 2 aromatic carbocycles. The quantitative estimate of drug-likeness (QED) is 0.405. The van der Waals surface area contributed by atoms with Crippen molar-refractivity contribution < 1.29 is 22.4 Å². The van der Waals surface area contributed by atoms with E-state index < -0.39 is 23.6 Å². The smallest absolute Gasteiger partial charge is 0.322 e. The number of carbonyl (C=O) groups excluding carboxylic acids is 1. The highest BCUT2D eigenvalue weighted by Crippen LogP contribution is 2.33. The zero-order chi connectivity index (χ0) is 22.3. The van der Waals surface area contributed by atoms with E-state index in [0.29, 0.717) is 20.8 Å². The molecule has 4 rings (SSSR count). The topological polar surface area (TPSA) is 59.3 Å². The number of alkyl halides is 3. The maximum atomic E-state index is 13.7. The summed E-state index contributed by atoms with van der Waals surface area (Å²) in [6.45, 7) is 1.70. The van der Waals surface area contributed by atoms with Crippen molar-refractivity contribution in [1.29, 1.82) is 0 Å². The van der Waals surface area contributed by atoms with Crippen LogP contribution in [0.4, 0.5) is 23.2 Å². The van der Waals surface area contributed by atoms with Gasteiger partial charge in [-0.25, -0.2) is 13.9 Å². The van der Waals surface area contributed by atoms with Crippen molar-refractivity contribution in [2.45, 2.75) is 13.1 Å². The van der Waals surface area contributed by atoms with Crippen LogP contribution in [-0.4, -0.2) is 20.5 Å². The summed E-state index contributed by atoms with van der Waals surface area (Å²) in [6.07, 6.45) is -3.75. The first kappa shape index (κ1) is 20.8. The first-order valence-corrected chi connectivity index (χ1v) is 9.31. The van der Waals surface area contributed by atoms with E-state index in [1.807, 2.05) is 0 Å². The van der Waals surface area contributed by atoms with Crippen LogP contribution in [0.3, 0.4) is 0 Å². The Hall–Kier alpha value is -3.46. The second kappa shape index (κ2) is 7.66. The number of nitrogens with one attached hydrogen (secondary N) is 1. The molecule has 2 heterocycles. The lowest BCUT2D eigenvalue weighted by Gasteiger charge is -2.12. The van der Waals surface area contributed by atoms with E-state index in [9.17, 15) is 22.4 Å². The Morgan fingerprint density at radius 3 is 2.52 bits per heavy atom. The van der Waals surface area contributed by atoms with Gasteiger partial charge in [0.1, 0.15) is 11.4 Å². The van der Waals surface area contributed by atoms with Gasteiger partial charge in [-0.1, -0.05) is 17.7 Å². The maximum absolute atomic E-state index is 13.7. The lowest BCUT2D eigenvalue weighted by molar-refractivity contribution is -0.142. The zero-order valence-electron chi connectivity index (χ0n) is 15.8. The number of anilines is 1. The fraction of sp³-hybridized carbons (Fsp3) is 0.0952. The largest absolute Gasteiger partial charge is 0.433 e. The molecule has 0 radical (unpaired) electrons. The summed E-state index contributed by atoms with van der Waals surface area (Å²) in [7, 11) is 0. The highest BCUT2D eigenvalue weighted by Gasteiger charge is 2.36. The fourth-order valence-corrected chi connectivity index (χ4v) is 3.20. The predicted molar refractivity (Wildman–Crippen MR) is 108 cm³/mol. The lowest BCUT2D eigenvalue weighted by Crippen LogP contribution is -2.16. The third kappa shape index (κ3) is 3.96. The first-order valence-electron chi connectivity index (χ1n) is 8.93. The Balaban J connectivity index is 1.85. The van der Waals surface area contributed by atoms with Gasteiger partial charge in [0.05, 0.1) is 11.9 Å². The average molecular weight is 449 g/mol. The Morgan fingerprint density at radius 1 is 1.13 bits per heavy atom. The number of aromatic nitrogens is 3. The molecule has 0 saturated carbocycles. The van der Waals surface area contributed by atoms with Gasteiger partial charge in [0.25, 0.3) is 5.91 Å². The molecule has 0 aliphatic rings. The molecule has 0 spiro atoms. The zero-order valence-corrected chi connectivity index (χ0v) is 16.6. The molecule has 4 aromatic rings. The summed E-state index contributed by atoms with van der Waals surface area (Å²) in [5.41, 5.74) is -0.372. The summed E-state index contributed by atoms with van der Waals surface area (Å²) in [4.78, 5) is 17.0. The van der Waals surface area contributed by atoms with E-state index in [1.165, 1.54) is 12.1 Å². The van der Waals surface area contributed by atoms with Crippen LogP contribution in [0.25, 0.3) is 16.9 Å². The number of amides is 1. The van der Waals surface area contributed by atoms with E-state index >= 15 is 0 Å². The monoisotopic (exact) mass is 448 g/mol. The van der Waals surface area contributed by atoms with E-state index in [0.717, 1.165) is 24.4 Å². The average Bonchev–Trinajstić information content (AvgIpc) is 3.14. The minimum absolute atomic E-state index is 0.0756. The molecule has 0 unspecified atom stereocenters. The van der Waals surface area contributed by atoms with E-state index in [2.05, 4.69) is 15.4 Å². The first-order chi connectivity index (χ1) is 14.6. The van der Waals surface area contributed by atoms with Gasteiger partial charge in [0, 0.05) is 16.3 Å². The fourth-order valence-electron chi connectivity index (χ4n) is 3.03. The molecule has 2 aromatic heterocycles. The third-order valence-corrected chi connectivity index (χ3v) is 5.07. The molecule has 31 heavy (non-hydrogen) atoms. The molecule has 0 fully saturated rings. The Labute approximate surface area is 178 Å². The lowest BCUT2D eigenvalue weighted by atomic mass is 10.1. The standard InChI is InChI=1S/C21H13ClF4N4O/c1-11-15(22)3-2-4-16(11)29-20(31)14-10-27-30-18(21(24,25)26)9-17(28-19(14)30)12-5-7-13(23)8-6-12/h2-10H,1H3,(H,29,31). The van der Waals surface area contributed by atoms with Crippen molar-refractivity contribution in [2.75, 3.05) is 5.32 Å². The Morgan fingerprint density at radius 2 is 1.84 bits per heavy atom. The van der Waals surface area contributed by atoms with Crippen LogP contribution in [0.1, 0.15) is 21.6 Å². The second-order valence-corrected chi connectivity index (χ2v) is 7.10. The van der Waals surface area contributed by atoms with Crippen molar-refractivity contribution in [1.82, 2.24) is 14.6 Å². The molecule has 1 amide bonds. The van der Waals surface area contributed by atoms with Gasteiger partial charge in [-0.15, -0.1) is 0 Å². The van der Waals surface area contributed by atoms with E-state index in [4.69, 9.17) is 11.6 Å². The van der Waals surface area contributed by atoms with Crippen LogP contribution in [0.15, 0.2) is 54.7 Å². The number of hydrogen-bond donors (Lipinski definition) is 1. The van der Waals surface area contributed by atoms with Crippen LogP contribution in [0.2, 0.25) is 5.02 Å². The van der Waals surface area contributed by atoms with Crippen molar-refractivity contribution in [3.63, 3.8) is 0 Å². The Bertz CT molecular complexity index is 1300. The van der Waals surface area contributed by atoms with Gasteiger partial charge in [-0.05, 0) is 55.0 Å². The van der Waals surface area contributed by atoms with Crippen LogP contribution in [0, 0.1) is 12.7 Å². The highest BCUT2D eigenvalue weighted by molar-refractivity contribution is 6.31. The maximum Gasteiger partial charge on any atom is 0.433 e. The van der Waals surface area contributed by atoms with Gasteiger partial charge >= 0.3 is 6.18 Å². The molecule has 0 saturated heterocycles. The summed E-state index contributed by atoms with van der Waals surface area (Å²) < 4.78 is 54.8. The number of benzene rings is 2. The number of hydrogen-bond acceptors (Lipinski definition) is 3. The van der Waals surface area contributed by atoms with Crippen LogP contribution in [-0.2, 0) is 6.18 Å². The molecule has 0 aliphatic carbocycles. The number of carbonyl (C=O) groups is 1. The van der Waals surface area contributed by atoms with Crippen molar-refractivity contribution in [3.05, 3.63) is 82.4 Å². The number of nitrogens with zero attached hydrogens (tertiary/aromatic N) is 3. The van der Waals surface area contributed by atoms with Gasteiger partial charge in [0.2, 0.25) is 0 Å². The SMILES string of the molecule is Cc1c(Cl)cccc1NC(=O)c1cnn2c(C(F)(F)F)cc(-c3ccc(F)cc3)nc12. The van der Waals surface area contributed by atoms with Gasteiger partial charge in [-0.2, -0.15) is 18.3 Å². The number of fused-ring (bicyclic) bond motifs is 1. The predicted octanol–water partition coefficient (Wildman–Crippen LogP) is 5.77. The van der Waals surface area contributed by atoms with Crippen molar-refractivity contribution in [2.24, 2.45) is 0 Å². The second-order valence-electron chi connectivity index (χ2n) is 6.69. The number of halogens is 5. The molecular weight excluding hydrogens is 436 g/mol. The minimum atomic E-state index is -4.76. The van der Waals surface area contributed by atoms with E-state index in [1.54, 1.807) is 25.1 Å². The summed E-state index contributed by atoms with van der Waals surface area (Å²) in [5.74, 6) is -1.24. The van der Waals surface area contributed by atoms with Crippen LogP contribution >= 0.6 is 11.6 Å². The molecule has 0 atom stereocenters. The van der Waals surface area contributed by atoms with E-state index in [-0.39, 0.29) is 22.5 Å². The molecule has 5 nitrogen and oxygen atoms in total. The third-order valence-electron chi connectivity index (χ3n) is 4.66. The molecule has 0 aliphatic heterocycles. The minimum Gasteiger partial charge on any atom is -0.322 e.